The Balaban J connectivity index is 0.00000242. The van der Waals surface area contributed by atoms with Crippen LogP contribution in [0.3, 0.4) is 0 Å². The van der Waals surface area contributed by atoms with Gasteiger partial charge in [0.05, 0.1) is 24.4 Å². The molecule has 0 aromatic heterocycles. The normalized spacial score (nSPS) is 35.2. The smallest absolute Gasteiger partial charge is 0.373 e. The molecule has 2 fully saturated rings. The molecule has 2 saturated heterocycles. The predicted octanol–water partition coefficient (Wildman–Crippen LogP) is 5.84. The average Bonchev–Trinajstić information content (AvgIpc) is 2.83. The fourth-order valence-electron chi connectivity index (χ4n) is 5.11. The standard InChI is InChI=1S/C26H49N3O6Si.CO2/c1-13-20-22(34-25-23(32-19(8)30)16(5)15(4)18(7)31-25)17(6)21(28-29-27)24(33-20)35-36(11,12)26(9,10)14(2)3;2-1-3/h14-18,20-25H,13H2,1-12H3;/t15-,16-,17+,18?,20?,21?,22-,23?,24-,25-;/m0./s1. The first-order chi connectivity index (χ1) is 18.0. The molecule has 12 heteroatoms. The summed E-state index contributed by atoms with van der Waals surface area (Å²) in [6, 6.07) is -0.568. The maximum atomic E-state index is 11.9. The van der Waals surface area contributed by atoms with Crippen molar-refractivity contribution in [1.82, 2.24) is 0 Å². The molecule has 224 valence electrons. The van der Waals surface area contributed by atoms with Crippen molar-refractivity contribution < 1.29 is 37.8 Å². The maximum absolute atomic E-state index is 11.9. The summed E-state index contributed by atoms with van der Waals surface area (Å²) in [4.78, 5) is 31.3. The number of carbonyl (C=O) groups excluding carboxylic acids is 3. The van der Waals surface area contributed by atoms with E-state index in [4.69, 9.17) is 33.0 Å². The zero-order chi connectivity index (χ0) is 30.3. The molecule has 0 N–H and O–H groups in total. The monoisotopic (exact) mass is 571 g/mol. The number of azide groups is 1. The van der Waals surface area contributed by atoms with Crippen molar-refractivity contribution in [2.45, 2.75) is 137 Å². The summed E-state index contributed by atoms with van der Waals surface area (Å²) in [5.74, 6) is 0.0940. The molecule has 0 radical (unpaired) electrons. The zero-order valence-electron chi connectivity index (χ0n) is 25.7. The van der Waals surface area contributed by atoms with Crippen molar-refractivity contribution in [2.24, 2.45) is 28.8 Å². The van der Waals surface area contributed by atoms with Gasteiger partial charge in [-0.05, 0) is 54.8 Å². The van der Waals surface area contributed by atoms with Crippen LogP contribution in [0.15, 0.2) is 5.11 Å². The van der Waals surface area contributed by atoms with Crippen LogP contribution in [-0.4, -0.2) is 63.5 Å². The molecule has 10 atom stereocenters. The van der Waals surface area contributed by atoms with Crippen LogP contribution >= 0.6 is 0 Å². The van der Waals surface area contributed by atoms with Crippen LogP contribution < -0.4 is 0 Å². The highest BCUT2D eigenvalue weighted by molar-refractivity contribution is 6.74. The summed E-state index contributed by atoms with van der Waals surface area (Å²) >= 11 is 0. The Kier molecular flexibility index (Phi) is 13.3. The Morgan fingerprint density at radius 2 is 1.62 bits per heavy atom. The molecule has 2 aliphatic heterocycles. The van der Waals surface area contributed by atoms with Crippen LogP contribution in [0, 0.1) is 23.7 Å². The number of hydrogen-bond donors (Lipinski definition) is 0. The third-order valence-corrected chi connectivity index (χ3v) is 13.8. The van der Waals surface area contributed by atoms with E-state index >= 15 is 0 Å². The molecule has 4 unspecified atom stereocenters. The van der Waals surface area contributed by atoms with Gasteiger partial charge in [-0.25, -0.2) is 0 Å². The first kappa shape index (κ1) is 35.2. The lowest BCUT2D eigenvalue weighted by atomic mass is 9.83. The van der Waals surface area contributed by atoms with E-state index in [-0.39, 0.29) is 47.1 Å². The topological polar surface area (TPSA) is 146 Å². The van der Waals surface area contributed by atoms with E-state index in [1.807, 2.05) is 20.8 Å². The summed E-state index contributed by atoms with van der Waals surface area (Å²) in [5, 5.41) is 4.10. The highest BCUT2D eigenvalue weighted by atomic mass is 28.4. The van der Waals surface area contributed by atoms with Crippen LogP contribution in [0.4, 0.5) is 0 Å². The number of esters is 1. The second-order valence-corrected chi connectivity index (χ2v) is 16.7. The SMILES string of the molecule is CCC1O[C@@H](O[Si](C)(C)C(C)(C)C(C)C)C(N=[N+]=[N-])[C@@H](C)[C@@H]1O[C@@H]1OC(C)[C@@H](C)[C@H](C)C1OC(C)=O.O=C=O. The third-order valence-electron chi connectivity index (χ3n) is 9.30. The predicted molar refractivity (Wildman–Crippen MR) is 147 cm³/mol. The van der Waals surface area contributed by atoms with E-state index in [0.29, 0.717) is 12.3 Å². The summed E-state index contributed by atoms with van der Waals surface area (Å²) in [6.45, 7) is 24.9. The van der Waals surface area contributed by atoms with Gasteiger partial charge in [-0.1, -0.05) is 60.5 Å². The first-order valence-electron chi connectivity index (χ1n) is 13.8. The fourth-order valence-corrected chi connectivity index (χ4v) is 7.58. The number of ether oxygens (including phenoxy) is 4. The first-order valence-corrected chi connectivity index (χ1v) is 16.8. The quantitative estimate of drug-likeness (QED) is 0.110. The summed E-state index contributed by atoms with van der Waals surface area (Å²) in [7, 11) is -2.28. The molecular weight excluding hydrogens is 522 g/mol. The van der Waals surface area contributed by atoms with Gasteiger partial charge in [0.1, 0.15) is 0 Å². The number of nitrogens with zero attached hydrogens (tertiary/aromatic N) is 3. The van der Waals surface area contributed by atoms with Crippen LogP contribution in [0.5, 0.6) is 0 Å². The molecular formula is C27H49N3O8Si. The average molecular weight is 572 g/mol. The van der Waals surface area contributed by atoms with Crippen LogP contribution in [0.25, 0.3) is 10.4 Å². The van der Waals surface area contributed by atoms with Crippen molar-refractivity contribution in [3.63, 3.8) is 0 Å². The van der Waals surface area contributed by atoms with Crippen molar-refractivity contribution in [3.05, 3.63) is 10.4 Å². The minimum Gasteiger partial charge on any atom is -0.457 e. The fraction of sp³-hybridized carbons (Fsp3) is 0.926. The van der Waals surface area contributed by atoms with Crippen LogP contribution in [0.2, 0.25) is 18.1 Å². The van der Waals surface area contributed by atoms with Gasteiger partial charge in [0, 0.05) is 17.8 Å². The zero-order valence-corrected chi connectivity index (χ0v) is 26.7. The second-order valence-electron chi connectivity index (χ2n) is 12.2. The molecule has 39 heavy (non-hydrogen) atoms. The summed E-state index contributed by atoms with van der Waals surface area (Å²) < 4.78 is 31.7. The van der Waals surface area contributed by atoms with E-state index in [1.165, 1.54) is 6.92 Å². The lowest BCUT2D eigenvalue weighted by molar-refractivity contribution is -0.319. The van der Waals surface area contributed by atoms with E-state index in [2.05, 4.69) is 64.7 Å². The molecule has 0 aliphatic carbocycles. The number of hydrogen-bond acceptors (Lipinski definition) is 9. The minimum absolute atomic E-state index is 0.0221. The largest absolute Gasteiger partial charge is 0.457 e. The Morgan fingerprint density at radius 3 is 2.08 bits per heavy atom. The molecule has 0 bridgehead atoms. The molecule has 2 aliphatic rings. The van der Waals surface area contributed by atoms with Gasteiger partial charge in [-0.3, -0.25) is 4.79 Å². The Morgan fingerprint density at radius 1 is 1.05 bits per heavy atom. The van der Waals surface area contributed by atoms with Gasteiger partial charge < -0.3 is 23.4 Å². The van der Waals surface area contributed by atoms with Gasteiger partial charge in [0.15, 0.2) is 27.0 Å². The lowest BCUT2D eigenvalue weighted by Crippen LogP contribution is -2.60. The molecule has 0 spiro atoms. The number of carbonyl (C=O) groups is 1. The van der Waals surface area contributed by atoms with Gasteiger partial charge in [-0.2, -0.15) is 9.59 Å². The Bertz CT molecular complexity index is 888. The van der Waals surface area contributed by atoms with Crippen LogP contribution in [-0.2, 0) is 37.8 Å². The van der Waals surface area contributed by atoms with Gasteiger partial charge >= 0.3 is 12.1 Å². The second kappa shape index (κ2) is 14.7. The summed E-state index contributed by atoms with van der Waals surface area (Å²) in [5.41, 5.74) is 9.41. The molecule has 2 heterocycles. The molecule has 0 amide bonds. The highest BCUT2D eigenvalue weighted by Gasteiger charge is 2.52. The lowest BCUT2D eigenvalue weighted by Gasteiger charge is -2.51. The van der Waals surface area contributed by atoms with Gasteiger partial charge in [0.25, 0.3) is 0 Å². The van der Waals surface area contributed by atoms with Crippen molar-refractivity contribution in [1.29, 1.82) is 0 Å². The molecule has 0 aromatic rings. The summed E-state index contributed by atoms with van der Waals surface area (Å²) in [6.07, 6.45) is -1.79. The van der Waals surface area contributed by atoms with Crippen LogP contribution in [0.1, 0.15) is 75.7 Å². The molecule has 11 nitrogen and oxygen atoms in total. The van der Waals surface area contributed by atoms with E-state index in [1.54, 1.807) is 0 Å². The number of rotatable bonds is 9. The third kappa shape index (κ3) is 8.36. The van der Waals surface area contributed by atoms with Crippen molar-refractivity contribution >= 4 is 20.4 Å². The minimum atomic E-state index is -2.28. The molecule has 0 saturated carbocycles. The van der Waals surface area contributed by atoms with E-state index < -0.39 is 39.1 Å². The Labute approximate surface area is 234 Å². The van der Waals surface area contributed by atoms with Gasteiger partial charge in [-0.15, -0.1) is 0 Å². The Hall–Kier alpha value is -1.78. The molecule has 2 rings (SSSR count). The maximum Gasteiger partial charge on any atom is 0.373 e. The van der Waals surface area contributed by atoms with Gasteiger partial charge in [0.2, 0.25) is 0 Å². The highest BCUT2D eigenvalue weighted by Crippen LogP contribution is 2.47. The molecule has 0 aromatic carbocycles. The van der Waals surface area contributed by atoms with Crippen molar-refractivity contribution in [3.8, 4) is 0 Å². The van der Waals surface area contributed by atoms with E-state index in [0.717, 1.165) is 0 Å². The van der Waals surface area contributed by atoms with Crippen molar-refractivity contribution in [2.75, 3.05) is 0 Å². The van der Waals surface area contributed by atoms with E-state index in [9.17, 15) is 10.3 Å².